The van der Waals surface area contributed by atoms with Gasteiger partial charge in [0.2, 0.25) is 0 Å². The van der Waals surface area contributed by atoms with Crippen LogP contribution in [0.2, 0.25) is 0 Å². The molecule has 1 aromatic carbocycles. The fourth-order valence-corrected chi connectivity index (χ4v) is 2.68. The van der Waals surface area contributed by atoms with Crippen LogP contribution >= 0.6 is 0 Å². The molecule has 4 heteroatoms. The Morgan fingerprint density at radius 3 is 2.58 bits per heavy atom. The van der Waals surface area contributed by atoms with Crippen molar-refractivity contribution in [2.24, 2.45) is 11.7 Å². The average Bonchev–Trinajstić information content (AvgIpc) is 2.25. The van der Waals surface area contributed by atoms with E-state index in [-0.39, 0.29) is 5.41 Å². The number of benzene rings is 1. The maximum absolute atomic E-state index is 13.8. The Kier molecular flexibility index (Phi) is 4.21. The van der Waals surface area contributed by atoms with Crippen LogP contribution in [0.15, 0.2) is 18.2 Å². The predicted molar refractivity (Wildman–Crippen MR) is 73.0 cm³/mol. The highest BCUT2D eigenvalue weighted by Gasteiger charge is 2.28. The molecule has 0 spiro atoms. The fourth-order valence-electron chi connectivity index (χ4n) is 2.68. The van der Waals surface area contributed by atoms with E-state index in [0.29, 0.717) is 24.1 Å². The Bertz CT molecular complexity index is 440. The average molecular weight is 268 g/mol. The highest BCUT2D eigenvalue weighted by atomic mass is 19.1. The lowest BCUT2D eigenvalue weighted by molar-refractivity contribution is 0.250. The molecule has 0 unspecified atom stereocenters. The van der Waals surface area contributed by atoms with Crippen LogP contribution in [0.1, 0.15) is 32.3 Å². The second kappa shape index (κ2) is 5.55. The van der Waals surface area contributed by atoms with Crippen molar-refractivity contribution >= 4 is 0 Å². The van der Waals surface area contributed by atoms with Gasteiger partial charge in [-0.15, -0.1) is 0 Å². The number of hydrogen-bond donors (Lipinski definition) is 2. The van der Waals surface area contributed by atoms with Crippen LogP contribution in [0.4, 0.5) is 8.78 Å². The third-order valence-electron chi connectivity index (χ3n) is 3.93. The summed E-state index contributed by atoms with van der Waals surface area (Å²) in [5.74, 6) is -0.366. The molecular formula is C15H22F2N2. The predicted octanol–water partition coefficient (Wildman–Crippen LogP) is 2.57. The van der Waals surface area contributed by atoms with Crippen LogP contribution in [0.25, 0.3) is 0 Å². The van der Waals surface area contributed by atoms with Crippen molar-refractivity contribution in [1.82, 2.24) is 5.32 Å². The van der Waals surface area contributed by atoms with Crippen LogP contribution < -0.4 is 11.1 Å². The van der Waals surface area contributed by atoms with Crippen molar-refractivity contribution in [3.05, 3.63) is 35.4 Å². The summed E-state index contributed by atoms with van der Waals surface area (Å²) in [6.07, 6.45) is 2.14. The van der Waals surface area contributed by atoms with Gasteiger partial charge >= 0.3 is 0 Å². The topological polar surface area (TPSA) is 38.0 Å². The van der Waals surface area contributed by atoms with E-state index in [1.165, 1.54) is 12.1 Å². The van der Waals surface area contributed by atoms with Gasteiger partial charge < -0.3 is 11.1 Å². The Morgan fingerprint density at radius 1 is 1.32 bits per heavy atom. The molecule has 0 atom stereocenters. The largest absolute Gasteiger partial charge is 0.328 e. The van der Waals surface area contributed by atoms with E-state index in [2.05, 4.69) is 5.32 Å². The van der Waals surface area contributed by atoms with Crippen LogP contribution in [0, 0.1) is 17.6 Å². The Balaban J connectivity index is 1.90. The highest BCUT2D eigenvalue weighted by molar-refractivity contribution is 5.26. The lowest BCUT2D eigenvalue weighted by Crippen LogP contribution is -2.43. The van der Waals surface area contributed by atoms with E-state index in [9.17, 15) is 8.78 Å². The highest BCUT2D eigenvalue weighted by Crippen LogP contribution is 2.27. The molecule has 1 fully saturated rings. The van der Waals surface area contributed by atoms with Crippen LogP contribution in [0.5, 0.6) is 0 Å². The zero-order valence-corrected chi connectivity index (χ0v) is 11.5. The first-order valence-electron chi connectivity index (χ1n) is 6.80. The third kappa shape index (κ3) is 3.51. The SMILES string of the molecule is CC(C)(CNCC1CC(N)C1)c1ccc(F)cc1F. The molecule has 2 rings (SSSR count). The van der Waals surface area contributed by atoms with Crippen molar-refractivity contribution in [1.29, 1.82) is 0 Å². The molecule has 1 aliphatic carbocycles. The van der Waals surface area contributed by atoms with Crippen molar-refractivity contribution in [3.8, 4) is 0 Å². The smallest absolute Gasteiger partial charge is 0.129 e. The van der Waals surface area contributed by atoms with Crippen molar-refractivity contribution in [2.75, 3.05) is 13.1 Å². The first-order valence-corrected chi connectivity index (χ1v) is 6.80. The van der Waals surface area contributed by atoms with Gasteiger partial charge in [-0.05, 0) is 36.9 Å². The van der Waals surface area contributed by atoms with Crippen LogP contribution in [-0.4, -0.2) is 19.1 Å². The van der Waals surface area contributed by atoms with E-state index in [1.54, 1.807) is 0 Å². The lowest BCUT2D eigenvalue weighted by Gasteiger charge is -2.34. The molecule has 106 valence electrons. The molecule has 2 nitrogen and oxygen atoms in total. The quantitative estimate of drug-likeness (QED) is 0.861. The zero-order valence-electron chi connectivity index (χ0n) is 11.5. The minimum absolute atomic E-state index is 0.356. The molecule has 0 aromatic heterocycles. The fraction of sp³-hybridized carbons (Fsp3) is 0.600. The van der Waals surface area contributed by atoms with E-state index in [4.69, 9.17) is 5.73 Å². The van der Waals surface area contributed by atoms with Gasteiger partial charge in [0.1, 0.15) is 11.6 Å². The third-order valence-corrected chi connectivity index (χ3v) is 3.93. The number of hydrogen-bond acceptors (Lipinski definition) is 2. The van der Waals surface area contributed by atoms with E-state index < -0.39 is 11.6 Å². The van der Waals surface area contributed by atoms with Crippen molar-refractivity contribution < 1.29 is 8.78 Å². The molecule has 3 N–H and O–H groups in total. The molecule has 0 amide bonds. The van der Waals surface area contributed by atoms with Gasteiger partial charge in [0.05, 0.1) is 0 Å². The summed E-state index contributed by atoms with van der Waals surface area (Å²) < 4.78 is 26.7. The first-order chi connectivity index (χ1) is 8.88. The Labute approximate surface area is 113 Å². The van der Waals surface area contributed by atoms with Gasteiger partial charge in [-0.2, -0.15) is 0 Å². The first kappa shape index (κ1) is 14.4. The second-order valence-corrected chi connectivity index (χ2v) is 6.24. The summed E-state index contributed by atoms with van der Waals surface area (Å²) in [5.41, 5.74) is 5.93. The van der Waals surface area contributed by atoms with Gasteiger partial charge in [-0.25, -0.2) is 8.78 Å². The van der Waals surface area contributed by atoms with Gasteiger partial charge in [-0.1, -0.05) is 19.9 Å². The molecule has 1 aromatic rings. The minimum atomic E-state index is -0.534. The Morgan fingerprint density at radius 2 is 2.00 bits per heavy atom. The molecule has 19 heavy (non-hydrogen) atoms. The summed E-state index contributed by atoms with van der Waals surface area (Å²) in [4.78, 5) is 0. The maximum Gasteiger partial charge on any atom is 0.129 e. The normalized spacial score (nSPS) is 23.2. The number of nitrogens with one attached hydrogen (secondary N) is 1. The van der Waals surface area contributed by atoms with Gasteiger partial charge in [0, 0.05) is 24.1 Å². The summed E-state index contributed by atoms with van der Waals surface area (Å²) in [5, 5.41) is 3.37. The second-order valence-electron chi connectivity index (χ2n) is 6.24. The van der Waals surface area contributed by atoms with E-state index in [1.807, 2.05) is 13.8 Å². The zero-order chi connectivity index (χ0) is 14.0. The maximum atomic E-state index is 13.8. The number of halogens is 2. The van der Waals surface area contributed by atoms with Crippen molar-refractivity contribution in [2.45, 2.75) is 38.1 Å². The van der Waals surface area contributed by atoms with Crippen molar-refractivity contribution in [3.63, 3.8) is 0 Å². The molecular weight excluding hydrogens is 246 g/mol. The number of nitrogens with two attached hydrogens (primary N) is 1. The lowest BCUT2D eigenvalue weighted by atomic mass is 9.80. The monoisotopic (exact) mass is 268 g/mol. The van der Waals surface area contributed by atoms with Gasteiger partial charge in [-0.3, -0.25) is 0 Å². The molecule has 0 bridgehead atoms. The molecule has 0 aliphatic heterocycles. The number of rotatable bonds is 5. The minimum Gasteiger partial charge on any atom is -0.328 e. The standard InChI is InChI=1S/C15H22F2N2/c1-15(2,9-19-8-10-5-12(18)6-10)13-4-3-11(16)7-14(13)17/h3-4,7,10,12,19H,5-6,8-9,18H2,1-2H3. The summed E-state index contributed by atoms with van der Waals surface area (Å²) >= 11 is 0. The molecule has 0 saturated heterocycles. The molecule has 0 radical (unpaired) electrons. The van der Waals surface area contributed by atoms with Crippen LogP contribution in [0.3, 0.4) is 0 Å². The molecule has 0 heterocycles. The van der Waals surface area contributed by atoms with E-state index >= 15 is 0 Å². The summed E-state index contributed by atoms with van der Waals surface area (Å²) in [7, 11) is 0. The Hall–Kier alpha value is -1.00. The van der Waals surface area contributed by atoms with Gasteiger partial charge in [0.25, 0.3) is 0 Å². The molecule has 1 aliphatic rings. The van der Waals surface area contributed by atoms with E-state index in [0.717, 1.165) is 25.5 Å². The summed E-state index contributed by atoms with van der Waals surface area (Å²) in [6, 6.07) is 4.15. The van der Waals surface area contributed by atoms with Gasteiger partial charge in [0.15, 0.2) is 0 Å². The van der Waals surface area contributed by atoms with Crippen LogP contribution in [-0.2, 0) is 5.41 Å². The summed E-state index contributed by atoms with van der Waals surface area (Å²) in [6.45, 7) is 5.51. The molecule has 1 saturated carbocycles.